The Kier molecular flexibility index (Phi) is 10.5. The van der Waals surface area contributed by atoms with Crippen LogP contribution in [-0.4, -0.2) is 38.2 Å². The minimum absolute atomic E-state index is 0. The van der Waals surface area contributed by atoms with E-state index in [0.29, 0.717) is 18.0 Å². The number of ether oxygens (including phenoxy) is 1. The summed E-state index contributed by atoms with van der Waals surface area (Å²) >= 11 is 6.01. The minimum atomic E-state index is -3.79. The van der Waals surface area contributed by atoms with Crippen LogP contribution in [0.4, 0.5) is 0 Å². The molecule has 194 valence electrons. The molecule has 3 aromatic rings. The number of aliphatic hydroxyl groups excluding tert-OH is 1. The van der Waals surface area contributed by atoms with Gasteiger partial charge in [-0.2, -0.15) is 0 Å². The Hall–Kier alpha value is -2.42. The first-order valence-electron chi connectivity index (χ1n) is 11.3. The fourth-order valence-electron chi connectivity index (χ4n) is 3.70. The molecule has 0 heterocycles. The molecule has 3 rings (SSSR count). The number of carbonyl (C=O) groups is 1. The van der Waals surface area contributed by atoms with Crippen molar-refractivity contribution >= 4 is 39.8 Å². The molecule has 2 N–H and O–H groups in total. The molecule has 0 aliphatic rings. The average molecular weight is 553 g/mol. The van der Waals surface area contributed by atoms with Crippen LogP contribution in [-0.2, 0) is 21.0 Å². The third-order valence-electron chi connectivity index (χ3n) is 5.54. The second kappa shape index (κ2) is 12.7. The highest BCUT2D eigenvalue weighted by Gasteiger charge is 2.22. The Morgan fingerprint density at radius 1 is 1.03 bits per heavy atom. The van der Waals surface area contributed by atoms with Gasteiger partial charge in [-0.25, -0.2) is 13.2 Å². The fourth-order valence-corrected chi connectivity index (χ4v) is 5.21. The summed E-state index contributed by atoms with van der Waals surface area (Å²) in [5.74, 6) is -0.560. The molecule has 0 unspecified atom stereocenters. The molecule has 0 amide bonds. The van der Waals surface area contributed by atoms with Crippen LogP contribution in [0.3, 0.4) is 0 Å². The van der Waals surface area contributed by atoms with Crippen LogP contribution in [0.5, 0.6) is 0 Å². The summed E-state index contributed by atoms with van der Waals surface area (Å²) < 4.78 is 31.2. The zero-order valence-electron chi connectivity index (χ0n) is 20.4. The van der Waals surface area contributed by atoms with E-state index in [1.807, 2.05) is 19.9 Å². The van der Waals surface area contributed by atoms with Crippen LogP contribution < -0.4 is 5.32 Å². The number of sulfone groups is 1. The van der Waals surface area contributed by atoms with Crippen LogP contribution in [0.15, 0.2) is 82.6 Å². The summed E-state index contributed by atoms with van der Waals surface area (Å²) in [5.41, 5.74) is 1.52. The monoisotopic (exact) mass is 551 g/mol. The third kappa shape index (κ3) is 7.79. The summed E-state index contributed by atoms with van der Waals surface area (Å²) in [6.45, 7) is 6.28. The number of hydrogen-bond donors (Lipinski definition) is 2. The SMILES string of the molecule is CCOC(=O)c1cccc(S(=O)(=O)c2ccc(CC(C)(C)NC[C@H](O)c3cccc(Cl)c3)cc2)c1.Cl. The second-order valence-corrected chi connectivity index (χ2v) is 11.3. The molecular formula is C27H31Cl2NO5S. The van der Waals surface area contributed by atoms with E-state index in [4.69, 9.17) is 16.3 Å². The van der Waals surface area contributed by atoms with Crippen molar-refractivity contribution in [3.8, 4) is 0 Å². The van der Waals surface area contributed by atoms with E-state index in [2.05, 4.69) is 5.32 Å². The zero-order valence-corrected chi connectivity index (χ0v) is 22.8. The normalized spacial score (nSPS) is 12.5. The summed E-state index contributed by atoms with van der Waals surface area (Å²) in [5, 5.41) is 14.4. The van der Waals surface area contributed by atoms with Crippen molar-refractivity contribution in [1.82, 2.24) is 5.32 Å². The predicted octanol–water partition coefficient (Wildman–Crippen LogP) is 5.42. The number of nitrogens with one attached hydrogen (secondary N) is 1. The largest absolute Gasteiger partial charge is 0.462 e. The molecule has 0 saturated heterocycles. The summed E-state index contributed by atoms with van der Waals surface area (Å²) in [6, 6.07) is 19.7. The van der Waals surface area contributed by atoms with Gasteiger partial charge in [0.05, 0.1) is 28.1 Å². The van der Waals surface area contributed by atoms with Gasteiger partial charge in [0.25, 0.3) is 0 Å². The lowest BCUT2D eigenvalue weighted by molar-refractivity contribution is 0.0526. The lowest BCUT2D eigenvalue weighted by Crippen LogP contribution is -2.43. The predicted molar refractivity (Wildman–Crippen MR) is 144 cm³/mol. The molecule has 0 radical (unpaired) electrons. The highest BCUT2D eigenvalue weighted by atomic mass is 35.5. The quantitative estimate of drug-likeness (QED) is 0.327. The number of benzene rings is 3. The number of carbonyl (C=O) groups excluding carboxylic acids is 1. The number of aliphatic hydroxyl groups is 1. The molecule has 0 aliphatic heterocycles. The van der Waals surface area contributed by atoms with Gasteiger partial charge in [-0.1, -0.05) is 41.9 Å². The Morgan fingerprint density at radius 3 is 2.33 bits per heavy atom. The Balaban J connectivity index is 0.00000456. The molecule has 0 aliphatic carbocycles. The third-order valence-corrected chi connectivity index (χ3v) is 7.55. The van der Waals surface area contributed by atoms with Crippen molar-refractivity contribution in [2.45, 2.75) is 48.6 Å². The van der Waals surface area contributed by atoms with Crippen molar-refractivity contribution in [1.29, 1.82) is 0 Å². The Bertz CT molecular complexity index is 1280. The average Bonchev–Trinajstić information content (AvgIpc) is 2.83. The first-order valence-corrected chi connectivity index (χ1v) is 13.2. The topological polar surface area (TPSA) is 92.7 Å². The fraction of sp³-hybridized carbons (Fsp3) is 0.296. The molecule has 6 nitrogen and oxygen atoms in total. The zero-order chi connectivity index (χ0) is 25.6. The number of hydrogen-bond acceptors (Lipinski definition) is 6. The standard InChI is InChI=1S/C27H30ClNO5S.ClH/c1-4-34-26(31)21-8-6-10-24(16-21)35(32,33)23-13-11-19(12-14-23)17-27(2,3)29-18-25(30)20-7-5-9-22(28)15-20;/h5-16,25,29-30H,4,17-18H2,1-3H3;1H/t25-;/m0./s1. The lowest BCUT2D eigenvalue weighted by Gasteiger charge is -2.28. The van der Waals surface area contributed by atoms with Gasteiger partial charge in [0.15, 0.2) is 0 Å². The van der Waals surface area contributed by atoms with E-state index < -0.39 is 21.9 Å². The lowest BCUT2D eigenvalue weighted by atomic mass is 9.94. The number of rotatable bonds is 10. The van der Waals surface area contributed by atoms with E-state index in [0.717, 1.165) is 11.1 Å². The highest BCUT2D eigenvalue weighted by Crippen LogP contribution is 2.24. The number of esters is 1. The van der Waals surface area contributed by atoms with Crippen LogP contribution in [0, 0.1) is 0 Å². The van der Waals surface area contributed by atoms with E-state index in [1.165, 1.54) is 24.3 Å². The molecule has 9 heteroatoms. The van der Waals surface area contributed by atoms with Gasteiger partial charge < -0.3 is 15.2 Å². The van der Waals surface area contributed by atoms with Gasteiger partial charge in [0.2, 0.25) is 9.84 Å². The van der Waals surface area contributed by atoms with Crippen molar-refractivity contribution in [3.05, 3.63) is 94.5 Å². The maximum atomic E-state index is 13.1. The molecule has 0 saturated carbocycles. The van der Waals surface area contributed by atoms with Gasteiger partial charge in [-0.15, -0.1) is 12.4 Å². The summed E-state index contributed by atoms with van der Waals surface area (Å²) in [4.78, 5) is 12.2. The Labute approximate surface area is 224 Å². The minimum Gasteiger partial charge on any atom is -0.462 e. The van der Waals surface area contributed by atoms with Gasteiger partial charge in [0, 0.05) is 17.1 Å². The molecular weight excluding hydrogens is 521 g/mol. The number of β-amino-alcohol motifs (C(OH)–C–C–N with tert-alkyl or cyclic N) is 1. The van der Waals surface area contributed by atoms with Gasteiger partial charge >= 0.3 is 5.97 Å². The smallest absolute Gasteiger partial charge is 0.338 e. The maximum Gasteiger partial charge on any atom is 0.338 e. The van der Waals surface area contributed by atoms with Crippen LogP contribution >= 0.6 is 24.0 Å². The molecule has 1 atom stereocenters. The van der Waals surface area contributed by atoms with Crippen molar-refractivity contribution < 1.29 is 23.1 Å². The first-order chi connectivity index (χ1) is 16.5. The summed E-state index contributed by atoms with van der Waals surface area (Å²) in [6.07, 6.45) is -0.0839. The van der Waals surface area contributed by atoms with Crippen LogP contribution in [0.2, 0.25) is 5.02 Å². The van der Waals surface area contributed by atoms with Gasteiger partial charge in [-0.3, -0.25) is 0 Å². The van der Waals surface area contributed by atoms with Crippen molar-refractivity contribution in [2.75, 3.05) is 13.2 Å². The highest BCUT2D eigenvalue weighted by molar-refractivity contribution is 7.91. The molecule has 3 aromatic carbocycles. The van der Waals surface area contributed by atoms with E-state index in [9.17, 15) is 18.3 Å². The van der Waals surface area contributed by atoms with E-state index in [-0.39, 0.29) is 39.9 Å². The second-order valence-electron chi connectivity index (χ2n) is 8.91. The molecule has 0 bridgehead atoms. The molecule has 0 aromatic heterocycles. The molecule has 0 fully saturated rings. The molecule has 0 spiro atoms. The van der Waals surface area contributed by atoms with E-state index >= 15 is 0 Å². The van der Waals surface area contributed by atoms with E-state index in [1.54, 1.807) is 49.4 Å². The number of halogens is 2. The maximum absolute atomic E-state index is 13.1. The summed E-state index contributed by atoms with van der Waals surface area (Å²) in [7, 11) is -3.79. The van der Waals surface area contributed by atoms with Crippen molar-refractivity contribution in [3.63, 3.8) is 0 Å². The van der Waals surface area contributed by atoms with Gasteiger partial charge in [-0.05, 0) is 80.8 Å². The van der Waals surface area contributed by atoms with Crippen LogP contribution in [0.1, 0.15) is 48.4 Å². The molecule has 36 heavy (non-hydrogen) atoms. The first kappa shape index (κ1) is 29.8. The Morgan fingerprint density at radius 2 is 1.69 bits per heavy atom. The van der Waals surface area contributed by atoms with Crippen LogP contribution in [0.25, 0.3) is 0 Å². The van der Waals surface area contributed by atoms with Gasteiger partial charge in [0.1, 0.15) is 0 Å². The van der Waals surface area contributed by atoms with Crippen molar-refractivity contribution in [2.24, 2.45) is 0 Å².